The molecule has 18 heavy (non-hydrogen) atoms. The Morgan fingerprint density at radius 3 is 2.61 bits per heavy atom. The molecule has 0 aliphatic carbocycles. The third-order valence-corrected chi connectivity index (χ3v) is 3.78. The van der Waals surface area contributed by atoms with E-state index in [1.54, 1.807) is 0 Å². The smallest absolute Gasteiger partial charge is 0.140 e. The Morgan fingerprint density at radius 2 is 2.06 bits per heavy atom. The second kappa shape index (κ2) is 7.58. The molecule has 1 aromatic carbocycles. The number of unbranched alkanes of at least 4 members (excludes halogenated alkanes) is 1. The molecule has 0 aliphatic heterocycles. The zero-order valence-corrected chi connectivity index (χ0v) is 12.4. The van der Waals surface area contributed by atoms with Crippen molar-refractivity contribution in [1.29, 1.82) is 0 Å². The molecule has 1 aromatic rings. The first-order chi connectivity index (χ1) is 8.58. The largest absolute Gasteiger partial charge is 0.299 e. The van der Waals surface area contributed by atoms with E-state index in [1.807, 2.05) is 25.1 Å². The number of halogens is 1. The van der Waals surface area contributed by atoms with E-state index in [2.05, 4.69) is 13.8 Å². The zero-order chi connectivity index (χ0) is 13.5. The molecule has 0 saturated heterocycles. The molecule has 100 valence electrons. The maximum atomic E-state index is 12.2. The third-order valence-electron chi connectivity index (χ3n) is 3.43. The van der Waals surface area contributed by atoms with E-state index in [0.29, 0.717) is 17.2 Å². The van der Waals surface area contributed by atoms with Gasteiger partial charge in [0, 0.05) is 17.4 Å². The Labute approximate surface area is 116 Å². The zero-order valence-electron chi connectivity index (χ0n) is 11.6. The summed E-state index contributed by atoms with van der Waals surface area (Å²) in [5, 5.41) is 0.716. The lowest BCUT2D eigenvalue weighted by molar-refractivity contribution is -0.122. The van der Waals surface area contributed by atoms with Gasteiger partial charge in [-0.3, -0.25) is 4.79 Å². The van der Waals surface area contributed by atoms with Gasteiger partial charge in [-0.25, -0.2) is 0 Å². The Hall–Kier alpha value is -0.820. The minimum Gasteiger partial charge on any atom is -0.299 e. The Balaban J connectivity index is 2.67. The number of carbonyl (C=O) groups excluding carboxylic acids is 1. The number of Topliss-reactive ketones (excluding diaryl/α,β-unsaturated/α-hetero) is 1. The molecule has 0 heterocycles. The molecule has 1 rings (SSSR count). The maximum absolute atomic E-state index is 12.2. The van der Waals surface area contributed by atoms with Gasteiger partial charge in [-0.1, -0.05) is 50.4 Å². The summed E-state index contributed by atoms with van der Waals surface area (Å²) in [7, 11) is 0. The van der Waals surface area contributed by atoms with Crippen LogP contribution in [0.4, 0.5) is 0 Å². The van der Waals surface area contributed by atoms with Gasteiger partial charge in [0.2, 0.25) is 0 Å². The van der Waals surface area contributed by atoms with E-state index in [9.17, 15) is 4.79 Å². The van der Waals surface area contributed by atoms with Crippen LogP contribution in [0.25, 0.3) is 0 Å². The fourth-order valence-electron chi connectivity index (χ4n) is 2.17. The van der Waals surface area contributed by atoms with Crippen molar-refractivity contribution < 1.29 is 4.79 Å². The highest BCUT2D eigenvalue weighted by Gasteiger charge is 2.17. The van der Waals surface area contributed by atoms with Crippen molar-refractivity contribution in [3.8, 4) is 0 Å². The van der Waals surface area contributed by atoms with Gasteiger partial charge in [0.25, 0.3) is 0 Å². The van der Waals surface area contributed by atoms with Gasteiger partial charge in [-0.15, -0.1) is 0 Å². The fraction of sp³-hybridized carbons (Fsp3) is 0.562. The fourth-order valence-corrected chi connectivity index (χ4v) is 2.47. The molecule has 0 aliphatic rings. The molecule has 0 bridgehead atoms. The molecule has 1 atom stereocenters. The number of ketones is 1. The minimum atomic E-state index is 0.197. The van der Waals surface area contributed by atoms with Crippen molar-refractivity contribution in [2.45, 2.75) is 52.9 Å². The number of hydrogen-bond donors (Lipinski definition) is 0. The quantitative estimate of drug-likeness (QED) is 0.680. The van der Waals surface area contributed by atoms with Gasteiger partial charge in [0.05, 0.1) is 0 Å². The molecular weight excluding hydrogens is 244 g/mol. The van der Waals surface area contributed by atoms with Gasteiger partial charge >= 0.3 is 0 Å². The minimum absolute atomic E-state index is 0.197. The van der Waals surface area contributed by atoms with Crippen LogP contribution in [0.3, 0.4) is 0 Å². The second-order valence-corrected chi connectivity index (χ2v) is 5.39. The molecule has 1 nitrogen and oxygen atoms in total. The molecule has 0 aromatic heterocycles. The Morgan fingerprint density at radius 1 is 1.33 bits per heavy atom. The van der Waals surface area contributed by atoms with Gasteiger partial charge in [0.1, 0.15) is 5.78 Å². The van der Waals surface area contributed by atoms with Crippen LogP contribution >= 0.6 is 11.6 Å². The summed E-state index contributed by atoms with van der Waals surface area (Å²) in [5.74, 6) is 0.527. The number of hydrogen-bond acceptors (Lipinski definition) is 1. The molecule has 0 amide bonds. The third kappa shape index (κ3) is 4.45. The summed E-state index contributed by atoms with van der Waals surface area (Å²) in [6.07, 6.45) is 4.69. The van der Waals surface area contributed by atoms with E-state index >= 15 is 0 Å². The molecule has 0 spiro atoms. The predicted molar refractivity (Wildman–Crippen MR) is 78.2 cm³/mol. The summed E-state index contributed by atoms with van der Waals surface area (Å²) >= 11 is 6.17. The SMILES string of the molecule is CCCCC(CC)C(=O)Cc1ccc(C)cc1Cl. The van der Waals surface area contributed by atoms with Crippen molar-refractivity contribution in [2.24, 2.45) is 5.92 Å². The maximum Gasteiger partial charge on any atom is 0.140 e. The van der Waals surface area contributed by atoms with Gasteiger partial charge in [0.15, 0.2) is 0 Å². The molecule has 2 heteroatoms. The number of rotatable bonds is 7. The molecule has 1 unspecified atom stereocenters. The highest BCUT2D eigenvalue weighted by molar-refractivity contribution is 6.31. The van der Waals surface area contributed by atoms with Crippen molar-refractivity contribution in [3.63, 3.8) is 0 Å². The van der Waals surface area contributed by atoms with Crippen molar-refractivity contribution >= 4 is 17.4 Å². The highest BCUT2D eigenvalue weighted by Crippen LogP contribution is 2.22. The lowest BCUT2D eigenvalue weighted by Crippen LogP contribution is -2.16. The summed E-state index contributed by atoms with van der Waals surface area (Å²) in [6.45, 7) is 6.26. The van der Waals surface area contributed by atoms with Crippen molar-refractivity contribution in [2.75, 3.05) is 0 Å². The van der Waals surface area contributed by atoms with Crippen LogP contribution in [0, 0.1) is 12.8 Å². The van der Waals surface area contributed by atoms with Gasteiger partial charge in [-0.2, -0.15) is 0 Å². The van der Waals surface area contributed by atoms with Crippen LogP contribution in [0.15, 0.2) is 18.2 Å². The first-order valence-corrected chi connectivity index (χ1v) is 7.24. The summed E-state index contributed by atoms with van der Waals surface area (Å²) in [6, 6.07) is 5.92. The van der Waals surface area contributed by atoms with Crippen LogP contribution in [0.2, 0.25) is 5.02 Å². The van der Waals surface area contributed by atoms with E-state index < -0.39 is 0 Å². The van der Waals surface area contributed by atoms with E-state index in [-0.39, 0.29) is 5.92 Å². The Kier molecular flexibility index (Phi) is 6.42. The lowest BCUT2D eigenvalue weighted by Gasteiger charge is -2.14. The van der Waals surface area contributed by atoms with E-state index in [0.717, 1.165) is 36.8 Å². The van der Waals surface area contributed by atoms with Crippen molar-refractivity contribution in [1.82, 2.24) is 0 Å². The average Bonchev–Trinajstić information content (AvgIpc) is 2.34. The monoisotopic (exact) mass is 266 g/mol. The van der Waals surface area contributed by atoms with Gasteiger partial charge in [-0.05, 0) is 37.0 Å². The molecule has 0 N–H and O–H groups in total. The number of benzene rings is 1. The summed E-state index contributed by atoms with van der Waals surface area (Å²) in [4.78, 5) is 12.2. The van der Waals surface area contributed by atoms with E-state index in [4.69, 9.17) is 11.6 Å². The highest BCUT2D eigenvalue weighted by atomic mass is 35.5. The van der Waals surface area contributed by atoms with Crippen LogP contribution < -0.4 is 0 Å². The van der Waals surface area contributed by atoms with Crippen LogP contribution in [-0.4, -0.2) is 5.78 Å². The standard InChI is InChI=1S/C16H23ClO/c1-4-6-7-13(5-2)16(18)11-14-9-8-12(3)10-15(14)17/h8-10,13H,4-7,11H2,1-3H3. The molecule has 0 saturated carbocycles. The first kappa shape index (κ1) is 15.2. The van der Waals surface area contributed by atoms with Crippen molar-refractivity contribution in [3.05, 3.63) is 34.3 Å². The second-order valence-electron chi connectivity index (χ2n) is 4.99. The summed E-state index contributed by atoms with van der Waals surface area (Å²) < 4.78 is 0. The van der Waals surface area contributed by atoms with Crippen LogP contribution in [-0.2, 0) is 11.2 Å². The predicted octanol–water partition coefficient (Wildman–Crippen LogP) is 4.98. The van der Waals surface area contributed by atoms with Gasteiger partial charge < -0.3 is 0 Å². The Bertz CT molecular complexity index is 398. The lowest BCUT2D eigenvalue weighted by atomic mass is 9.91. The van der Waals surface area contributed by atoms with Crippen LogP contribution in [0.1, 0.15) is 50.7 Å². The van der Waals surface area contributed by atoms with Crippen LogP contribution in [0.5, 0.6) is 0 Å². The number of aryl methyl sites for hydroxylation is 1. The first-order valence-electron chi connectivity index (χ1n) is 6.86. The molecule has 0 fully saturated rings. The normalized spacial score (nSPS) is 12.4. The molecular formula is C16H23ClO. The average molecular weight is 267 g/mol. The van der Waals surface area contributed by atoms with E-state index in [1.165, 1.54) is 0 Å². The number of carbonyl (C=O) groups is 1. The summed E-state index contributed by atoms with van der Waals surface area (Å²) in [5.41, 5.74) is 2.09. The topological polar surface area (TPSA) is 17.1 Å². The molecule has 0 radical (unpaired) electrons.